The standard InChI is InChI=1S/C7H17N5O2S/c8-3(1-5(10)14)6-11-12-7(15-6)4(9)2-13/h3-4,6-7,11-13H,1-2,8-9H2,(H2,10,14). The van der Waals surface area contributed by atoms with E-state index in [1.54, 1.807) is 0 Å². The van der Waals surface area contributed by atoms with Crippen molar-refractivity contribution in [2.45, 2.75) is 29.3 Å². The van der Waals surface area contributed by atoms with Gasteiger partial charge in [0.2, 0.25) is 5.91 Å². The van der Waals surface area contributed by atoms with Crippen molar-refractivity contribution < 1.29 is 9.90 Å². The molecule has 0 spiro atoms. The molecule has 7 nitrogen and oxygen atoms in total. The van der Waals surface area contributed by atoms with Gasteiger partial charge in [-0.25, -0.2) is 10.9 Å². The highest BCUT2D eigenvalue weighted by atomic mass is 32.2. The Labute approximate surface area is 92.1 Å². The van der Waals surface area contributed by atoms with Gasteiger partial charge in [0.25, 0.3) is 0 Å². The van der Waals surface area contributed by atoms with Crippen LogP contribution in [0.5, 0.6) is 0 Å². The lowest BCUT2D eigenvalue weighted by molar-refractivity contribution is -0.118. The van der Waals surface area contributed by atoms with Crippen LogP contribution >= 0.6 is 11.8 Å². The molecule has 1 fully saturated rings. The highest BCUT2D eigenvalue weighted by Gasteiger charge is 2.32. The average molecular weight is 235 g/mol. The predicted molar refractivity (Wildman–Crippen MR) is 58.3 cm³/mol. The summed E-state index contributed by atoms with van der Waals surface area (Å²) < 4.78 is 0. The summed E-state index contributed by atoms with van der Waals surface area (Å²) in [6.45, 7) is -0.107. The van der Waals surface area contributed by atoms with E-state index in [2.05, 4.69) is 10.9 Å². The van der Waals surface area contributed by atoms with E-state index in [0.717, 1.165) is 0 Å². The molecule has 0 bridgehead atoms. The summed E-state index contributed by atoms with van der Waals surface area (Å²) in [6, 6.07) is -0.732. The summed E-state index contributed by atoms with van der Waals surface area (Å²) in [4.78, 5) is 10.7. The van der Waals surface area contributed by atoms with E-state index in [4.69, 9.17) is 22.3 Å². The van der Waals surface area contributed by atoms with Crippen LogP contribution in [0.25, 0.3) is 0 Å². The molecule has 0 aromatic rings. The molecule has 1 saturated heterocycles. The number of hydrazine groups is 1. The summed E-state index contributed by atoms with van der Waals surface area (Å²) >= 11 is 1.45. The van der Waals surface area contributed by atoms with Gasteiger partial charge < -0.3 is 22.3 Å². The Hall–Kier alpha value is -0.380. The number of rotatable bonds is 5. The predicted octanol–water partition coefficient (Wildman–Crippen LogP) is -3.00. The Kier molecular flexibility index (Phi) is 4.77. The highest BCUT2D eigenvalue weighted by Crippen LogP contribution is 2.23. The second-order valence-electron chi connectivity index (χ2n) is 3.45. The van der Waals surface area contributed by atoms with Crippen LogP contribution < -0.4 is 28.1 Å². The Bertz CT molecular complexity index is 229. The van der Waals surface area contributed by atoms with Crippen LogP contribution in [-0.4, -0.2) is 40.5 Å². The smallest absolute Gasteiger partial charge is 0.219 e. The molecule has 4 atom stereocenters. The third kappa shape index (κ3) is 3.59. The van der Waals surface area contributed by atoms with Crippen molar-refractivity contribution in [2.24, 2.45) is 17.2 Å². The first kappa shape index (κ1) is 12.7. The quantitative estimate of drug-likeness (QED) is 0.298. The topological polar surface area (TPSA) is 139 Å². The number of amides is 1. The zero-order valence-electron chi connectivity index (χ0n) is 8.22. The maximum absolute atomic E-state index is 10.7. The number of hydrogen-bond acceptors (Lipinski definition) is 7. The number of hydrogen-bond donors (Lipinski definition) is 6. The van der Waals surface area contributed by atoms with Crippen LogP contribution in [-0.2, 0) is 4.79 Å². The van der Waals surface area contributed by atoms with Gasteiger partial charge >= 0.3 is 0 Å². The third-order valence-corrected chi connectivity index (χ3v) is 3.61. The van der Waals surface area contributed by atoms with Crippen molar-refractivity contribution in [3.8, 4) is 0 Å². The lowest BCUT2D eigenvalue weighted by Crippen LogP contribution is -2.47. The number of aliphatic hydroxyl groups is 1. The lowest BCUT2D eigenvalue weighted by atomic mass is 10.2. The number of aliphatic hydroxyl groups excluding tert-OH is 1. The molecule has 0 aromatic carbocycles. The second-order valence-corrected chi connectivity index (χ2v) is 4.73. The molecule has 4 unspecified atom stereocenters. The molecule has 0 aliphatic carbocycles. The van der Waals surface area contributed by atoms with Crippen LogP contribution in [0.4, 0.5) is 0 Å². The van der Waals surface area contributed by atoms with E-state index in [-0.39, 0.29) is 35.9 Å². The molecule has 8 heteroatoms. The van der Waals surface area contributed by atoms with Crippen molar-refractivity contribution in [3.63, 3.8) is 0 Å². The number of thioether (sulfide) groups is 1. The second kappa shape index (κ2) is 5.64. The SMILES string of the molecule is NC(=O)CC(N)C1NNC(C(N)CO)S1. The first-order valence-corrected chi connectivity index (χ1v) is 5.55. The van der Waals surface area contributed by atoms with Crippen molar-refractivity contribution in [2.75, 3.05) is 6.61 Å². The third-order valence-electron chi connectivity index (χ3n) is 2.09. The molecule has 1 rings (SSSR count). The number of nitrogens with two attached hydrogens (primary N) is 3. The van der Waals surface area contributed by atoms with E-state index >= 15 is 0 Å². The monoisotopic (exact) mass is 235 g/mol. The number of primary amides is 1. The molecule has 1 amide bonds. The van der Waals surface area contributed by atoms with Crippen molar-refractivity contribution in [3.05, 3.63) is 0 Å². The zero-order valence-corrected chi connectivity index (χ0v) is 9.04. The molecule has 0 aromatic heterocycles. The fourth-order valence-electron chi connectivity index (χ4n) is 1.24. The van der Waals surface area contributed by atoms with Crippen molar-refractivity contribution in [1.29, 1.82) is 0 Å². The maximum Gasteiger partial charge on any atom is 0.219 e. The number of nitrogens with one attached hydrogen (secondary N) is 2. The minimum Gasteiger partial charge on any atom is -0.395 e. The fraction of sp³-hybridized carbons (Fsp3) is 0.857. The van der Waals surface area contributed by atoms with Gasteiger partial charge in [-0.2, -0.15) is 0 Å². The van der Waals surface area contributed by atoms with E-state index in [1.165, 1.54) is 11.8 Å². The van der Waals surface area contributed by atoms with Gasteiger partial charge in [-0.1, -0.05) is 0 Å². The van der Waals surface area contributed by atoms with E-state index in [0.29, 0.717) is 0 Å². The molecule has 0 saturated carbocycles. The minimum absolute atomic E-state index is 0.107. The lowest BCUT2D eigenvalue weighted by Gasteiger charge is -2.17. The average Bonchev–Trinajstić information content (AvgIpc) is 2.64. The number of carbonyl (C=O) groups is 1. The molecular weight excluding hydrogens is 218 g/mol. The van der Waals surface area contributed by atoms with Crippen LogP contribution in [0, 0.1) is 0 Å². The normalized spacial score (nSPS) is 30.1. The molecule has 1 aliphatic heterocycles. The summed E-state index contributed by atoms with van der Waals surface area (Å²) in [5.74, 6) is -0.431. The Morgan fingerprint density at radius 2 is 1.87 bits per heavy atom. The van der Waals surface area contributed by atoms with E-state index in [1.807, 2.05) is 0 Å². The summed E-state index contributed by atoms with van der Waals surface area (Å²) in [5, 5.41) is 8.62. The van der Waals surface area contributed by atoms with Gasteiger partial charge in [0, 0.05) is 12.5 Å². The fourth-order valence-corrected chi connectivity index (χ4v) is 2.42. The Morgan fingerprint density at radius 3 is 2.33 bits per heavy atom. The molecule has 1 aliphatic rings. The molecule has 1 heterocycles. The zero-order chi connectivity index (χ0) is 11.4. The first-order valence-electron chi connectivity index (χ1n) is 4.61. The highest BCUT2D eigenvalue weighted by molar-refractivity contribution is 8.00. The van der Waals surface area contributed by atoms with Gasteiger partial charge in [0.05, 0.1) is 23.4 Å². The van der Waals surface area contributed by atoms with Crippen LogP contribution in [0.1, 0.15) is 6.42 Å². The minimum atomic E-state index is -0.431. The Morgan fingerprint density at radius 1 is 1.33 bits per heavy atom. The van der Waals surface area contributed by atoms with Crippen LogP contribution in [0.15, 0.2) is 0 Å². The van der Waals surface area contributed by atoms with Crippen LogP contribution in [0.2, 0.25) is 0 Å². The van der Waals surface area contributed by atoms with E-state index in [9.17, 15) is 4.79 Å². The van der Waals surface area contributed by atoms with Gasteiger partial charge in [-0.15, -0.1) is 11.8 Å². The van der Waals surface area contributed by atoms with Gasteiger partial charge in [0.1, 0.15) is 0 Å². The maximum atomic E-state index is 10.7. The molecule has 9 N–H and O–H groups in total. The van der Waals surface area contributed by atoms with Crippen LogP contribution in [0.3, 0.4) is 0 Å². The summed E-state index contributed by atoms with van der Waals surface area (Å²) in [6.07, 6.45) is 0.118. The molecule has 0 radical (unpaired) electrons. The van der Waals surface area contributed by atoms with Gasteiger partial charge in [0.15, 0.2) is 0 Å². The molecular formula is C7H17N5O2S. The summed E-state index contributed by atoms with van der Waals surface area (Å²) in [5.41, 5.74) is 22.3. The first-order chi connectivity index (χ1) is 7.04. The molecule has 15 heavy (non-hydrogen) atoms. The largest absolute Gasteiger partial charge is 0.395 e. The van der Waals surface area contributed by atoms with Gasteiger partial charge in [-0.3, -0.25) is 4.79 Å². The summed E-state index contributed by atoms with van der Waals surface area (Å²) in [7, 11) is 0. The van der Waals surface area contributed by atoms with Crippen molar-refractivity contribution >= 4 is 17.7 Å². The van der Waals surface area contributed by atoms with Crippen molar-refractivity contribution in [1.82, 2.24) is 10.9 Å². The Balaban J connectivity index is 2.38. The van der Waals surface area contributed by atoms with E-state index < -0.39 is 5.91 Å². The number of carbonyl (C=O) groups excluding carboxylic acids is 1. The van der Waals surface area contributed by atoms with Gasteiger partial charge in [-0.05, 0) is 0 Å². The molecule has 88 valence electrons.